The number of fused-ring (bicyclic) bond motifs is 2. The highest BCUT2D eigenvalue weighted by Crippen LogP contribution is 2.46. The Morgan fingerprint density at radius 1 is 1.31 bits per heavy atom. The lowest BCUT2D eigenvalue weighted by molar-refractivity contribution is -0.127. The molecule has 5 heteroatoms. The minimum Gasteiger partial charge on any atom is -0.497 e. The van der Waals surface area contributed by atoms with E-state index in [0.717, 1.165) is 29.9 Å². The van der Waals surface area contributed by atoms with Gasteiger partial charge in [0.05, 0.1) is 7.11 Å². The molecule has 0 N–H and O–H groups in total. The Balaban J connectivity index is 1.85. The summed E-state index contributed by atoms with van der Waals surface area (Å²) in [5.74, 6) is 2.34. The fraction of sp³-hybridized carbons (Fsp3) is 0.286. The zero-order chi connectivity index (χ0) is 18.3. The first-order valence-corrected chi connectivity index (χ1v) is 9.59. The highest BCUT2D eigenvalue weighted by Gasteiger charge is 2.33. The van der Waals surface area contributed by atoms with Crippen LogP contribution in [0.15, 0.2) is 52.6 Å². The highest BCUT2D eigenvalue weighted by atomic mass is 32.1. The number of thiophene rings is 1. The molecule has 1 aromatic heterocycles. The summed E-state index contributed by atoms with van der Waals surface area (Å²) in [6, 6.07) is 8.27. The van der Waals surface area contributed by atoms with Crippen LogP contribution in [0.1, 0.15) is 36.0 Å². The van der Waals surface area contributed by atoms with E-state index in [2.05, 4.69) is 29.0 Å². The van der Waals surface area contributed by atoms with Gasteiger partial charge in [-0.2, -0.15) is 11.3 Å². The quantitative estimate of drug-likeness (QED) is 0.799. The van der Waals surface area contributed by atoms with Crippen molar-refractivity contribution in [3.05, 3.63) is 69.2 Å². The Kier molecular flexibility index (Phi) is 4.32. The van der Waals surface area contributed by atoms with E-state index in [0.29, 0.717) is 5.88 Å². The Bertz CT molecular complexity index is 911. The fourth-order valence-corrected chi connectivity index (χ4v) is 4.25. The maximum atomic E-state index is 11.9. The average molecular weight is 367 g/mol. The third kappa shape index (κ3) is 2.82. The summed E-state index contributed by atoms with van der Waals surface area (Å²) in [7, 11) is 3.42. The maximum Gasteiger partial charge on any atom is 0.225 e. The number of carbonyl (C=O) groups excluding carboxylic acids is 1. The van der Waals surface area contributed by atoms with Crippen LogP contribution in [-0.4, -0.2) is 25.0 Å². The molecule has 134 valence electrons. The first-order valence-electron chi connectivity index (χ1n) is 8.65. The standard InChI is InChI=1S/C21H21NO3S/c1-13(23)22(2)20-11-18(15-8-9-26-12-15)17-7-5-14-4-6-16(24-3)10-19(14)21(17)25-20/h4,6,8-12,18H,5,7H2,1-3H3. The Morgan fingerprint density at radius 3 is 2.85 bits per heavy atom. The van der Waals surface area contributed by atoms with Crippen LogP contribution in [0.25, 0.3) is 5.76 Å². The van der Waals surface area contributed by atoms with E-state index < -0.39 is 0 Å². The van der Waals surface area contributed by atoms with Gasteiger partial charge in [0.1, 0.15) is 11.5 Å². The van der Waals surface area contributed by atoms with Crippen molar-refractivity contribution in [3.8, 4) is 5.75 Å². The van der Waals surface area contributed by atoms with Crippen molar-refractivity contribution in [2.45, 2.75) is 25.7 Å². The van der Waals surface area contributed by atoms with Gasteiger partial charge < -0.3 is 9.47 Å². The second-order valence-corrected chi connectivity index (χ2v) is 7.38. The molecule has 1 aromatic carbocycles. The monoisotopic (exact) mass is 367 g/mol. The average Bonchev–Trinajstić information content (AvgIpc) is 3.20. The van der Waals surface area contributed by atoms with Crippen LogP contribution in [-0.2, 0) is 16.0 Å². The fourth-order valence-electron chi connectivity index (χ4n) is 3.55. The van der Waals surface area contributed by atoms with Gasteiger partial charge in [-0.1, -0.05) is 6.07 Å². The van der Waals surface area contributed by atoms with Crippen molar-refractivity contribution >= 4 is 23.0 Å². The number of benzene rings is 1. The van der Waals surface area contributed by atoms with Crippen LogP contribution < -0.4 is 4.74 Å². The molecule has 4 rings (SSSR count). The van der Waals surface area contributed by atoms with Gasteiger partial charge in [-0.15, -0.1) is 0 Å². The SMILES string of the molecule is COc1ccc2c(c1)C1=C(CC2)C(c2ccsc2)C=C(N(C)C(C)=O)O1. The predicted octanol–water partition coefficient (Wildman–Crippen LogP) is 4.55. The minimum atomic E-state index is -0.0500. The lowest BCUT2D eigenvalue weighted by Crippen LogP contribution is -2.28. The summed E-state index contributed by atoms with van der Waals surface area (Å²) in [5.41, 5.74) is 4.82. The number of nitrogens with zero attached hydrogens (tertiary/aromatic N) is 1. The summed E-state index contributed by atoms with van der Waals surface area (Å²) in [5, 5.41) is 4.26. The lowest BCUT2D eigenvalue weighted by Gasteiger charge is -2.34. The predicted molar refractivity (Wildman–Crippen MR) is 103 cm³/mol. The van der Waals surface area contributed by atoms with E-state index in [4.69, 9.17) is 9.47 Å². The number of hydrogen-bond acceptors (Lipinski definition) is 4. The molecule has 26 heavy (non-hydrogen) atoms. The number of allylic oxidation sites excluding steroid dienone is 2. The summed E-state index contributed by atoms with van der Waals surface area (Å²) >= 11 is 1.69. The summed E-state index contributed by atoms with van der Waals surface area (Å²) < 4.78 is 11.7. The van der Waals surface area contributed by atoms with Crippen molar-refractivity contribution < 1.29 is 14.3 Å². The lowest BCUT2D eigenvalue weighted by atomic mass is 9.80. The molecule has 1 aliphatic heterocycles. The molecule has 0 spiro atoms. The van der Waals surface area contributed by atoms with E-state index in [-0.39, 0.29) is 11.8 Å². The van der Waals surface area contributed by atoms with Gasteiger partial charge in [0.2, 0.25) is 5.91 Å². The molecule has 0 bridgehead atoms. The maximum absolute atomic E-state index is 11.9. The number of carbonyl (C=O) groups is 1. The highest BCUT2D eigenvalue weighted by molar-refractivity contribution is 7.08. The smallest absolute Gasteiger partial charge is 0.225 e. The van der Waals surface area contributed by atoms with Crippen LogP contribution in [0.2, 0.25) is 0 Å². The van der Waals surface area contributed by atoms with Crippen LogP contribution >= 0.6 is 11.3 Å². The van der Waals surface area contributed by atoms with Crippen LogP contribution in [0.3, 0.4) is 0 Å². The molecule has 2 heterocycles. The normalized spacial score (nSPS) is 18.4. The molecule has 0 saturated carbocycles. The summed E-state index contributed by atoms with van der Waals surface area (Å²) in [6.07, 6.45) is 3.99. The van der Waals surface area contributed by atoms with Crippen LogP contribution in [0.4, 0.5) is 0 Å². The minimum absolute atomic E-state index is 0.0500. The van der Waals surface area contributed by atoms with Crippen molar-refractivity contribution in [1.29, 1.82) is 0 Å². The Labute approximate surface area is 157 Å². The first-order chi connectivity index (χ1) is 12.6. The van der Waals surface area contributed by atoms with E-state index in [1.54, 1.807) is 37.3 Å². The molecule has 4 nitrogen and oxygen atoms in total. The third-order valence-corrected chi connectivity index (χ3v) is 5.81. The molecule has 1 aliphatic carbocycles. The zero-order valence-corrected chi connectivity index (χ0v) is 15.9. The Hall–Kier alpha value is -2.53. The molecule has 1 atom stereocenters. The topological polar surface area (TPSA) is 38.8 Å². The van der Waals surface area contributed by atoms with Gasteiger partial charge in [0.15, 0.2) is 5.88 Å². The van der Waals surface area contributed by atoms with Gasteiger partial charge in [-0.25, -0.2) is 0 Å². The van der Waals surface area contributed by atoms with Gasteiger partial charge in [-0.05, 0) is 64.6 Å². The van der Waals surface area contributed by atoms with Crippen LogP contribution in [0, 0.1) is 0 Å². The molecule has 2 aliphatic rings. The largest absolute Gasteiger partial charge is 0.497 e. The van der Waals surface area contributed by atoms with Crippen LogP contribution in [0.5, 0.6) is 5.75 Å². The molecular formula is C21H21NO3S. The van der Waals surface area contributed by atoms with Crippen molar-refractivity contribution in [2.75, 3.05) is 14.2 Å². The van der Waals surface area contributed by atoms with Gasteiger partial charge in [0.25, 0.3) is 0 Å². The van der Waals surface area contributed by atoms with Gasteiger partial charge in [0, 0.05) is 25.5 Å². The summed E-state index contributed by atoms with van der Waals surface area (Å²) in [4.78, 5) is 13.5. The molecule has 0 saturated heterocycles. The number of rotatable bonds is 3. The number of hydrogen-bond donors (Lipinski definition) is 0. The number of methoxy groups -OCH3 is 1. The van der Waals surface area contributed by atoms with Crippen molar-refractivity contribution in [2.24, 2.45) is 0 Å². The van der Waals surface area contributed by atoms with E-state index in [1.807, 2.05) is 12.1 Å². The second-order valence-electron chi connectivity index (χ2n) is 6.60. The Morgan fingerprint density at radius 2 is 2.15 bits per heavy atom. The summed E-state index contributed by atoms with van der Waals surface area (Å²) in [6.45, 7) is 1.55. The second kappa shape index (κ2) is 6.65. The molecule has 2 aromatic rings. The number of aryl methyl sites for hydroxylation is 1. The van der Waals surface area contributed by atoms with Gasteiger partial charge >= 0.3 is 0 Å². The third-order valence-electron chi connectivity index (χ3n) is 5.11. The van der Waals surface area contributed by atoms with Gasteiger partial charge in [-0.3, -0.25) is 9.69 Å². The van der Waals surface area contributed by atoms with E-state index in [9.17, 15) is 4.79 Å². The number of amides is 1. The first kappa shape index (κ1) is 16.9. The number of ether oxygens (including phenoxy) is 2. The molecule has 1 unspecified atom stereocenters. The zero-order valence-electron chi connectivity index (χ0n) is 15.1. The molecular weight excluding hydrogens is 346 g/mol. The van der Waals surface area contributed by atoms with Crippen molar-refractivity contribution in [1.82, 2.24) is 4.90 Å². The molecule has 0 radical (unpaired) electrons. The van der Waals surface area contributed by atoms with E-state index >= 15 is 0 Å². The van der Waals surface area contributed by atoms with Crippen molar-refractivity contribution in [3.63, 3.8) is 0 Å². The molecule has 0 fully saturated rings. The molecule has 1 amide bonds. The van der Waals surface area contributed by atoms with E-state index in [1.165, 1.54) is 16.7 Å².